The number of carbonyl (C=O) groups excluding carboxylic acids is 2. The molecule has 2 amide bonds. The fraction of sp³-hybridized carbons (Fsp3) is 0.455. The van der Waals surface area contributed by atoms with Gasteiger partial charge in [0.15, 0.2) is 5.82 Å². The number of hydrogen-bond acceptors (Lipinski definition) is 5. The van der Waals surface area contributed by atoms with E-state index < -0.39 is 11.6 Å². The first kappa shape index (κ1) is 21.3. The summed E-state index contributed by atoms with van der Waals surface area (Å²) in [6.45, 7) is 1.30. The second-order valence-electron chi connectivity index (χ2n) is 7.93. The third-order valence-electron chi connectivity index (χ3n) is 5.83. The Kier molecular flexibility index (Phi) is 6.50. The van der Waals surface area contributed by atoms with Gasteiger partial charge in [0.25, 0.3) is 0 Å². The molecule has 2 atom stereocenters. The van der Waals surface area contributed by atoms with Gasteiger partial charge in [-0.1, -0.05) is 6.42 Å². The van der Waals surface area contributed by atoms with Crippen LogP contribution in [-0.2, 0) is 14.3 Å². The van der Waals surface area contributed by atoms with E-state index in [2.05, 4.69) is 15.3 Å². The van der Waals surface area contributed by atoms with Crippen molar-refractivity contribution in [3.8, 4) is 11.3 Å². The maximum atomic E-state index is 13.4. The molecule has 7 nitrogen and oxygen atoms in total. The number of amides is 2. The molecule has 2 heterocycles. The molecule has 2 aliphatic rings. The van der Waals surface area contributed by atoms with Gasteiger partial charge in [-0.05, 0) is 37.8 Å². The van der Waals surface area contributed by atoms with Crippen molar-refractivity contribution >= 4 is 17.6 Å². The molecule has 0 unspecified atom stereocenters. The maximum absolute atomic E-state index is 13.4. The average molecular weight is 430 g/mol. The topological polar surface area (TPSA) is 84.4 Å². The van der Waals surface area contributed by atoms with Crippen LogP contribution in [-0.4, -0.2) is 52.5 Å². The lowest BCUT2D eigenvalue weighted by atomic mass is 9.99. The van der Waals surface area contributed by atoms with Gasteiger partial charge in [-0.25, -0.2) is 13.8 Å². The predicted octanol–water partition coefficient (Wildman–Crippen LogP) is 3.17. The summed E-state index contributed by atoms with van der Waals surface area (Å²) >= 11 is 0. The van der Waals surface area contributed by atoms with Gasteiger partial charge in [-0.3, -0.25) is 14.6 Å². The van der Waals surface area contributed by atoms with Crippen LogP contribution in [0, 0.1) is 17.6 Å². The lowest BCUT2D eigenvalue weighted by molar-refractivity contribution is -0.146. The van der Waals surface area contributed by atoms with E-state index in [-0.39, 0.29) is 41.8 Å². The van der Waals surface area contributed by atoms with Crippen molar-refractivity contribution in [2.24, 2.45) is 5.92 Å². The Hall–Kier alpha value is -2.94. The Morgan fingerprint density at radius 3 is 2.58 bits per heavy atom. The van der Waals surface area contributed by atoms with Crippen LogP contribution in [0.4, 0.5) is 14.6 Å². The number of aromatic nitrogens is 2. The maximum Gasteiger partial charge on any atom is 0.248 e. The third-order valence-corrected chi connectivity index (χ3v) is 5.83. The minimum absolute atomic E-state index is 0.0210. The smallest absolute Gasteiger partial charge is 0.248 e. The second kappa shape index (κ2) is 9.47. The number of ether oxygens (including phenoxy) is 1. The van der Waals surface area contributed by atoms with Crippen LogP contribution in [0.3, 0.4) is 0 Å². The van der Waals surface area contributed by atoms with E-state index in [4.69, 9.17) is 4.74 Å². The number of morpholine rings is 1. The number of nitrogens with one attached hydrogen (secondary N) is 1. The summed E-state index contributed by atoms with van der Waals surface area (Å²) in [5.74, 6) is -1.38. The summed E-state index contributed by atoms with van der Waals surface area (Å²) < 4.78 is 32.0. The molecular formula is C22H24F2N4O3. The molecule has 0 radical (unpaired) electrons. The van der Waals surface area contributed by atoms with E-state index in [1.165, 1.54) is 24.5 Å². The minimum atomic E-state index is -0.695. The monoisotopic (exact) mass is 430 g/mol. The standard InChI is InChI=1S/C22H24F2N4O3/c23-16-8-15(9-17(24)10-16)19-11-26-20(12-25-19)27-22(30)14-2-1-3-18(5-4-14)28-6-7-31-13-21(28)29/h8-12,14,18H,1-7,13H2,(H,26,27,30)/t14-,18+/m1/s1. The lowest BCUT2D eigenvalue weighted by Crippen LogP contribution is -2.47. The largest absolute Gasteiger partial charge is 0.370 e. The van der Waals surface area contributed by atoms with Crippen LogP contribution < -0.4 is 5.32 Å². The number of rotatable bonds is 4. The second-order valence-corrected chi connectivity index (χ2v) is 7.93. The summed E-state index contributed by atoms with van der Waals surface area (Å²) in [5, 5.41) is 2.78. The van der Waals surface area contributed by atoms with E-state index in [0.717, 1.165) is 31.7 Å². The SMILES string of the molecule is O=C(Nc1cnc(-c2cc(F)cc(F)c2)cn1)[C@@H]1CCC[C@H](N2CCOCC2=O)CC1. The Balaban J connectivity index is 1.35. The van der Waals surface area contributed by atoms with Gasteiger partial charge < -0.3 is 15.0 Å². The molecule has 1 aliphatic heterocycles. The van der Waals surface area contributed by atoms with Crippen LogP contribution in [0.5, 0.6) is 0 Å². The van der Waals surface area contributed by atoms with Crippen LogP contribution >= 0.6 is 0 Å². The number of anilines is 1. The van der Waals surface area contributed by atoms with Gasteiger partial charge in [0.1, 0.15) is 18.2 Å². The van der Waals surface area contributed by atoms with Crippen LogP contribution in [0.15, 0.2) is 30.6 Å². The molecule has 2 fully saturated rings. The van der Waals surface area contributed by atoms with Crippen LogP contribution in [0.1, 0.15) is 32.1 Å². The van der Waals surface area contributed by atoms with Gasteiger partial charge in [-0.2, -0.15) is 0 Å². The van der Waals surface area contributed by atoms with Gasteiger partial charge in [0, 0.05) is 30.1 Å². The highest BCUT2D eigenvalue weighted by Gasteiger charge is 2.31. The van der Waals surface area contributed by atoms with E-state index in [1.807, 2.05) is 4.90 Å². The molecule has 164 valence electrons. The molecule has 1 N–H and O–H groups in total. The van der Waals surface area contributed by atoms with Crippen LogP contribution in [0.25, 0.3) is 11.3 Å². The van der Waals surface area contributed by atoms with Gasteiger partial charge in [0.2, 0.25) is 11.8 Å². The molecule has 9 heteroatoms. The number of carbonyl (C=O) groups is 2. The molecule has 0 spiro atoms. The number of hydrogen-bond donors (Lipinski definition) is 1. The zero-order valence-corrected chi connectivity index (χ0v) is 17.0. The van der Waals surface area contributed by atoms with Crippen molar-refractivity contribution in [2.45, 2.75) is 38.1 Å². The van der Waals surface area contributed by atoms with E-state index in [0.29, 0.717) is 25.3 Å². The Morgan fingerprint density at radius 1 is 1.06 bits per heavy atom. The summed E-state index contributed by atoms with van der Waals surface area (Å²) in [6, 6.07) is 3.29. The molecule has 1 aromatic heterocycles. The average Bonchev–Trinajstić information content (AvgIpc) is 3.00. The van der Waals surface area contributed by atoms with Gasteiger partial charge >= 0.3 is 0 Å². The highest BCUT2D eigenvalue weighted by atomic mass is 19.1. The molecule has 0 bridgehead atoms. The van der Waals surface area contributed by atoms with Crippen molar-refractivity contribution in [1.82, 2.24) is 14.9 Å². The normalized spacial score (nSPS) is 22.1. The van der Waals surface area contributed by atoms with Crippen molar-refractivity contribution in [1.29, 1.82) is 0 Å². The van der Waals surface area contributed by atoms with Crippen molar-refractivity contribution in [2.75, 3.05) is 25.1 Å². The highest BCUT2D eigenvalue weighted by Crippen LogP contribution is 2.28. The fourth-order valence-corrected chi connectivity index (χ4v) is 4.24. The highest BCUT2D eigenvalue weighted by molar-refractivity contribution is 5.91. The molecule has 1 saturated heterocycles. The van der Waals surface area contributed by atoms with E-state index in [1.54, 1.807) is 0 Å². The first-order valence-electron chi connectivity index (χ1n) is 10.5. The molecule has 2 aromatic rings. The quantitative estimate of drug-likeness (QED) is 0.754. The molecule has 1 aromatic carbocycles. The Morgan fingerprint density at radius 2 is 1.87 bits per heavy atom. The zero-order valence-electron chi connectivity index (χ0n) is 17.0. The minimum Gasteiger partial charge on any atom is -0.370 e. The molecule has 31 heavy (non-hydrogen) atoms. The molecule has 4 rings (SSSR count). The van der Waals surface area contributed by atoms with E-state index in [9.17, 15) is 18.4 Å². The van der Waals surface area contributed by atoms with Crippen molar-refractivity contribution in [3.05, 3.63) is 42.2 Å². The fourth-order valence-electron chi connectivity index (χ4n) is 4.24. The van der Waals surface area contributed by atoms with Gasteiger partial charge in [0.05, 0.1) is 24.7 Å². The van der Waals surface area contributed by atoms with Gasteiger partial charge in [-0.15, -0.1) is 0 Å². The summed E-state index contributed by atoms with van der Waals surface area (Å²) in [7, 11) is 0. The van der Waals surface area contributed by atoms with Crippen molar-refractivity contribution in [3.63, 3.8) is 0 Å². The first-order chi connectivity index (χ1) is 15.0. The first-order valence-corrected chi connectivity index (χ1v) is 10.5. The summed E-state index contributed by atoms with van der Waals surface area (Å²) in [5.41, 5.74) is 0.583. The number of halogens is 2. The molecule has 1 saturated carbocycles. The van der Waals surface area contributed by atoms with Crippen molar-refractivity contribution < 1.29 is 23.1 Å². The Labute approximate surface area is 178 Å². The predicted molar refractivity (Wildman–Crippen MR) is 109 cm³/mol. The van der Waals surface area contributed by atoms with Crippen LogP contribution in [0.2, 0.25) is 0 Å². The number of nitrogens with zero attached hydrogens (tertiary/aromatic N) is 3. The Bertz CT molecular complexity index is 934. The molecular weight excluding hydrogens is 406 g/mol. The summed E-state index contributed by atoms with van der Waals surface area (Å²) in [4.78, 5) is 35.0. The zero-order chi connectivity index (χ0) is 21.8. The number of benzene rings is 1. The lowest BCUT2D eigenvalue weighted by Gasteiger charge is -2.34. The van der Waals surface area contributed by atoms with E-state index >= 15 is 0 Å². The molecule has 1 aliphatic carbocycles. The third kappa shape index (κ3) is 5.22. The summed E-state index contributed by atoms with van der Waals surface area (Å²) in [6.07, 6.45) is 6.71.